The molecule has 0 radical (unpaired) electrons. The summed E-state index contributed by atoms with van der Waals surface area (Å²) in [6.45, 7) is 5.02. The fraction of sp³-hybridized carbons (Fsp3) is 0.429. The minimum atomic E-state index is -0.448. The molecule has 1 unspecified atom stereocenters. The lowest BCUT2D eigenvalue weighted by atomic mass is 10.1. The quantitative estimate of drug-likeness (QED) is 0.638. The van der Waals surface area contributed by atoms with E-state index < -0.39 is 5.37 Å². The van der Waals surface area contributed by atoms with Gasteiger partial charge in [0.1, 0.15) is 10.5 Å². The molecule has 2 amide bonds. The molecular formula is C21H23ClN4O2S. The second kappa shape index (κ2) is 7.95. The Morgan fingerprint density at radius 2 is 1.97 bits per heavy atom. The molecule has 0 spiro atoms. The first-order valence-electron chi connectivity index (χ1n) is 9.77. The van der Waals surface area contributed by atoms with Crippen molar-refractivity contribution in [2.75, 3.05) is 0 Å². The number of benzene rings is 1. The Morgan fingerprint density at radius 1 is 1.24 bits per heavy atom. The molecule has 1 aromatic carbocycles. The highest BCUT2D eigenvalue weighted by Crippen LogP contribution is 2.44. The number of amidine groups is 1. The molecule has 2 heterocycles. The van der Waals surface area contributed by atoms with Gasteiger partial charge in [0.2, 0.25) is 11.8 Å². The number of hydrogen-bond donors (Lipinski definition) is 0. The highest BCUT2D eigenvalue weighted by Gasteiger charge is 2.39. The van der Waals surface area contributed by atoms with Gasteiger partial charge in [0, 0.05) is 30.8 Å². The number of aromatic nitrogens is 1. The number of rotatable bonds is 2. The van der Waals surface area contributed by atoms with Crippen LogP contribution in [0.5, 0.6) is 0 Å². The molecule has 8 heteroatoms. The highest BCUT2D eigenvalue weighted by molar-refractivity contribution is 8.14. The number of thioether (sulfide) groups is 1. The van der Waals surface area contributed by atoms with E-state index in [4.69, 9.17) is 11.6 Å². The molecular weight excluding hydrogens is 408 g/mol. The van der Waals surface area contributed by atoms with Crippen LogP contribution in [0.15, 0.2) is 29.4 Å². The molecule has 1 atom stereocenters. The standard InChI is InChI=1S/C21H23ClN4O2S/c1-12-7-6-8-15-11-17(19(22)23-18(12)15)20-26(14(3)28)24-21(29-20)25(13(2)27)16-9-4-5-10-16/h6-8,11,16,20H,4-5,9-10H2,1-3H3. The van der Waals surface area contributed by atoms with E-state index >= 15 is 0 Å². The maximum Gasteiger partial charge on any atom is 0.241 e. The molecule has 0 bridgehead atoms. The van der Waals surface area contributed by atoms with Gasteiger partial charge in [-0.3, -0.25) is 14.5 Å². The van der Waals surface area contributed by atoms with Crippen molar-refractivity contribution in [2.45, 2.75) is 57.9 Å². The topological polar surface area (TPSA) is 65.9 Å². The van der Waals surface area contributed by atoms with Crippen molar-refractivity contribution < 1.29 is 9.59 Å². The van der Waals surface area contributed by atoms with Crippen LogP contribution in [0, 0.1) is 6.92 Å². The second-order valence-corrected chi connectivity index (χ2v) is 8.96. The molecule has 1 aliphatic carbocycles. The number of nitrogens with zero attached hydrogens (tertiary/aromatic N) is 4. The van der Waals surface area contributed by atoms with Gasteiger partial charge in [-0.25, -0.2) is 9.99 Å². The Bertz CT molecular complexity index is 1020. The molecule has 152 valence electrons. The third kappa shape index (κ3) is 3.73. The molecule has 1 fully saturated rings. The average Bonchev–Trinajstić information content (AvgIpc) is 3.33. The molecule has 0 saturated heterocycles. The number of hydrogen-bond acceptors (Lipinski definition) is 5. The molecule has 29 heavy (non-hydrogen) atoms. The Kier molecular flexibility index (Phi) is 5.53. The van der Waals surface area contributed by atoms with Gasteiger partial charge in [-0.05, 0) is 31.4 Å². The van der Waals surface area contributed by atoms with Gasteiger partial charge in [0.05, 0.1) is 5.52 Å². The average molecular weight is 431 g/mol. The van der Waals surface area contributed by atoms with Crippen LogP contribution < -0.4 is 0 Å². The van der Waals surface area contributed by atoms with E-state index in [-0.39, 0.29) is 17.9 Å². The molecule has 4 rings (SSSR count). The fourth-order valence-electron chi connectivity index (χ4n) is 4.08. The van der Waals surface area contributed by atoms with Crippen molar-refractivity contribution in [2.24, 2.45) is 5.10 Å². The summed E-state index contributed by atoms with van der Waals surface area (Å²) in [4.78, 5) is 31.1. The third-order valence-corrected chi connectivity index (χ3v) is 6.95. The lowest BCUT2D eigenvalue weighted by Crippen LogP contribution is -2.40. The fourth-order valence-corrected chi connectivity index (χ4v) is 5.71. The van der Waals surface area contributed by atoms with Crippen molar-refractivity contribution in [1.82, 2.24) is 14.9 Å². The molecule has 6 nitrogen and oxygen atoms in total. The molecule has 1 aromatic heterocycles. The molecule has 0 N–H and O–H groups in total. The van der Waals surface area contributed by atoms with E-state index in [1.54, 1.807) is 11.8 Å². The van der Waals surface area contributed by atoms with E-state index in [0.717, 1.165) is 47.7 Å². The number of amides is 2. The number of para-hydroxylation sites is 1. The third-order valence-electron chi connectivity index (χ3n) is 5.48. The number of fused-ring (bicyclic) bond motifs is 1. The number of halogens is 1. The minimum absolute atomic E-state index is 0.0503. The van der Waals surface area contributed by atoms with E-state index in [1.807, 2.05) is 31.2 Å². The van der Waals surface area contributed by atoms with E-state index in [9.17, 15) is 9.59 Å². The zero-order valence-electron chi connectivity index (χ0n) is 16.7. The van der Waals surface area contributed by atoms with Crippen LogP contribution in [0.4, 0.5) is 0 Å². The zero-order valence-corrected chi connectivity index (χ0v) is 18.3. The summed E-state index contributed by atoms with van der Waals surface area (Å²) in [5.74, 6) is -0.251. The van der Waals surface area contributed by atoms with Crippen LogP contribution in [0.3, 0.4) is 0 Å². The Labute approximate surface area is 179 Å². The summed E-state index contributed by atoms with van der Waals surface area (Å²) < 4.78 is 0. The summed E-state index contributed by atoms with van der Waals surface area (Å²) in [5, 5.41) is 7.36. The largest absolute Gasteiger partial charge is 0.287 e. The van der Waals surface area contributed by atoms with Gasteiger partial charge in [0.15, 0.2) is 5.17 Å². The predicted octanol–water partition coefficient (Wildman–Crippen LogP) is 4.85. The Morgan fingerprint density at radius 3 is 2.62 bits per heavy atom. The van der Waals surface area contributed by atoms with Crippen LogP contribution in [0.25, 0.3) is 10.9 Å². The first-order chi connectivity index (χ1) is 13.9. The van der Waals surface area contributed by atoms with Crippen LogP contribution in [0.1, 0.15) is 56.0 Å². The first kappa shape index (κ1) is 20.2. The van der Waals surface area contributed by atoms with Crippen LogP contribution >= 0.6 is 23.4 Å². The van der Waals surface area contributed by atoms with Gasteiger partial charge in [0.25, 0.3) is 0 Å². The smallest absolute Gasteiger partial charge is 0.241 e. The van der Waals surface area contributed by atoms with Gasteiger partial charge in [-0.1, -0.05) is 54.4 Å². The SMILES string of the molecule is CC(=O)N1N=C(N(C(C)=O)C2CCCC2)SC1c1cc2cccc(C)c2nc1Cl. The van der Waals surface area contributed by atoms with E-state index in [0.29, 0.717) is 10.3 Å². The number of aryl methyl sites for hydroxylation is 1. The summed E-state index contributed by atoms with van der Waals surface area (Å²) in [7, 11) is 0. The predicted molar refractivity (Wildman–Crippen MR) is 117 cm³/mol. The molecule has 2 aromatic rings. The van der Waals surface area contributed by atoms with Crippen molar-refractivity contribution in [3.8, 4) is 0 Å². The number of carbonyl (C=O) groups is 2. The summed E-state index contributed by atoms with van der Waals surface area (Å²) in [6.07, 6.45) is 4.13. The zero-order chi connectivity index (χ0) is 20.7. The van der Waals surface area contributed by atoms with Crippen LogP contribution in [0.2, 0.25) is 5.15 Å². The minimum Gasteiger partial charge on any atom is -0.287 e. The monoisotopic (exact) mass is 430 g/mol. The van der Waals surface area contributed by atoms with Gasteiger partial charge in [-0.2, -0.15) is 0 Å². The number of pyridine rings is 1. The maximum atomic E-state index is 12.4. The summed E-state index contributed by atoms with van der Waals surface area (Å²) in [6, 6.07) is 8.05. The number of hydrazone groups is 1. The van der Waals surface area contributed by atoms with Crippen LogP contribution in [-0.2, 0) is 9.59 Å². The van der Waals surface area contributed by atoms with Crippen molar-refractivity contribution in [3.05, 3.63) is 40.5 Å². The second-order valence-electron chi connectivity index (χ2n) is 7.56. The Balaban J connectivity index is 1.73. The maximum absolute atomic E-state index is 12.4. The molecule has 2 aliphatic rings. The Hall–Kier alpha value is -2.12. The van der Waals surface area contributed by atoms with Crippen molar-refractivity contribution in [3.63, 3.8) is 0 Å². The van der Waals surface area contributed by atoms with Gasteiger partial charge in [-0.15, -0.1) is 5.10 Å². The number of carbonyl (C=O) groups excluding carboxylic acids is 2. The summed E-state index contributed by atoms with van der Waals surface area (Å²) in [5.41, 5.74) is 2.61. The molecule has 1 aliphatic heterocycles. The van der Waals surface area contributed by atoms with Crippen molar-refractivity contribution in [1.29, 1.82) is 0 Å². The first-order valence-corrected chi connectivity index (χ1v) is 11.0. The lowest BCUT2D eigenvalue weighted by Gasteiger charge is -2.26. The highest BCUT2D eigenvalue weighted by atomic mass is 35.5. The van der Waals surface area contributed by atoms with Gasteiger partial charge < -0.3 is 0 Å². The lowest BCUT2D eigenvalue weighted by molar-refractivity contribution is -0.130. The van der Waals surface area contributed by atoms with Crippen molar-refractivity contribution >= 4 is 51.2 Å². The summed E-state index contributed by atoms with van der Waals surface area (Å²) >= 11 is 7.93. The molecule has 1 saturated carbocycles. The normalized spacial score (nSPS) is 19.7. The van der Waals surface area contributed by atoms with E-state index in [2.05, 4.69) is 10.1 Å². The van der Waals surface area contributed by atoms with Gasteiger partial charge >= 0.3 is 0 Å². The van der Waals surface area contributed by atoms with E-state index in [1.165, 1.54) is 23.7 Å². The van der Waals surface area contributed by atoms with Crippen LogP contribution in [-0.4, -0.2) is 37.9 Å².